The smallest absolute Gasteiger partial charge is 0.115 e. The van der Waals surface area contributed by atoms with Crippen LogP contribution in [0.1, 0.15) is 33.7 Å². The number of aromatic hydroxyl groups is 3. The maximum Gasteiger partial charge on any atom is 0.115 e. The molecule has 0 saturated carbocycles. The molecule has 0 spiro atoms. The lowest BCUT2D eigenvalue weighted by Crippen LogP contribution is -2.07. The molecule has 0 unspecified atom stereocenters. The minimum atomic E-state index is -0.0493. The Morgan fingerprint density at radius 1 is 0.583 bits per heavy atom. The third-order valence-electron chi connectivity index (χ3n) is 4.36. The fourth-order valence-electron chi connectivity index (χ4n) is 3.16. The molecule has 0 fully saturated rings. The second-order valence-electron chi connectivity index (χ2n) is 6.11. The lowest BCUT2D eigenvalue weighted by atomic mass is 9.81. The number of benzene rings is 3. The minimum absolute atomic E-state index is 0.0493. The van der Waals surface area contributed by atoms with Crippen molar-refractivity contribution in [3.8, 4) is 17.2 Å². The third kappa shape index (κ3) is 3.06. The molecular weight excluding hydrogens is 300 g/mol. The fraction of sp³-hybridized carbons (Fsp3) is 0.143. The van der Waals surface area contributed by atoms with Gasteiger partial charge in [-0.1, -0.05) is 24.3 Å². The lowest BCUT2D eigenvalue weighted by Gasteiger charge is -2.23. The summed E-state index contributed by atoms with van der Waals surface area (Å²) in [5.41, 5.74) is 5.16. The molecule has 0 heterocycles. The average molecular weight is 320 g/mol. The standard InChI is InChI=1S/C21H20O3/c1-13-11-17(23)7-9-19(13)21(15-3-5-16(22)6-4-15)20-10-8-18(24)12-14(20)2/h3-12,21-24H,1-2H3. The van der Waals surface area contributed by atoms with Crippen LogP contribution in [0.3, 0.4) is 0 Å². The van der Waals surface area contributed by atoms with Crippen LogP contribution in [-0.4, -0.2) is 15.3 Å². The maximum absolute atomic E-state index is 9.72. The van der Waals surface area contributed by atoms with Gasteiger partial charge in [0, 0.05) is 5.92 Å². The molecule has 3 heteroatoms. The second-order valence-corrected chi connectivity index (χ2v) is 6.11. The molecule has 3 N–H and O–H groups in total. The van der Waals surface area contributed by atoms with Gasteiger partial charge in [0.15, 0.2) is 0 Å². The van der Waals surface area contributed by atoms with E-state index in [1.165, 1.54) is 0 Å². The molecule has 3 nitrogen and oxygen atoms in total. The van der Waals surface area contributed by atoms with Crippen LogP contribution in [0.15, 0.2) is 60.7 Å². The van der Waals surface area contributed by atoms with Gasteiger partial charge in [-0.3, -0.25) is 0 Å². The summed E-state index contributed by atoms with van der Waals surface area (Å²) in [5, 5.41) is 29.0. The van der Waals surface area contributed by atoms with Crippen molar-refractivity contribution < 1.29 is 15.3 Å². The van der Waals surface area contributed by atoms with Crippen LogP contribution < -0.4 is 0 Å². The molecule has 0 aromatic heterocycles. The van der Waals surface area contributed by atoms with Crippen molar-refractivity contribution in [2.75, 3.05) is 0 Å². The van der Waals surface area contributed by atoms with Gasteiger partial charge in [-0.2, -0.15) is 0 Å². The average Bonchev–Trinajstić information content (AvgIpc) is 2.53. The fourth-order valence-corrected chi connectivity index (χ4v) is 3.16. The van der Waals surface area contributed by atoms with Crippen molar-refractivity contribution in [2.45, 2.75) is 19.8 Å². The molecule has 0 saturated heterocycles. The Labute approximate surface area is 141 Å². The van der Waals surface area contributed by atoms with Gasteiger partial charge in [0.05, 0.1) is 0 Å². The maximum atomic E-state index is 9.72. The van der Waals surface area contributed by atoms with Crippen LogP contribution in [0.5, 0.6) is 17.2 Å². The van der Waals surface area contributed by atoms with Gasteiger partial charge in [-0.05, 0) is 78.1 Å². The largest absolute Gasteiger partial charge is 0.508 e. The van der Waals surface area contributed by atoms with Crippen LogP contribution in [0.25, 0.3) is 0 Å². The van der Waals surface area contributed by atoms with E-state index in [1.54, 1.807) is 36.4 Å². The minimum Gasteiger partial charge on any atom is -0.508 e. The SMILES string of the molecule is Cc1cc(O)ccc1C(c1ccc(O)cc1)c1ccc(O)cc1C. The van der Waals surface area contributed by atoms with Gasteiger partial charge < -0.3 is 15.3 Å². The Kier molecular flexibility index (Phi) is 4.17. The summed E-state index contributed by atoms with van der Waals surface area (Å²) in [6.07, 6.45) is 0. The summed E-state index contributed by atoms with van der Waals surface area (Å²) in [6, 6.07) is 17.9. The van der Waals surface area contributed by atoms with E-state index in [-0.39, 0.29) is 23.2 Å². The summed E-state index contributed by atoms with van der Waals surface area (Å²) >= 11 is 0. The van der Waals surface area contributed by atoms with E-state index in [2.05, 4.69) is 0 Å². The molecule has 0 aliphatic rings. The quantitative estimate of drug-likeness (QED) is 0.618. The Hall–Kier alpha value is -2.94. The Morgan fingerprint density at radius 3 is 1.42 bits per heavy atom. The normalized spacial score (nSPS) is 11.0. The molecule has 0 amide bonds. The van der Waals surface area contributed by atoms with Gasteiger partial charge in [0.1, 0.15) is 17.2 Å². The molecule has 3 aromatic rings. The van der Waals surface area contributed by atoms with Crippen LogP contribution in [-0.2, 0) is 0 Å². The van der Waals surface area contributed by atoms with E-state index in [1.807, 2.05) is 38.1 Å². The van der Waals surface area contributed by atoms with Crippen molar-refractivity contribution in [3.05, 3.63) is 88.5 Å². The Morgan fingerprint density at radius 2 is 1.00 bits per heavy atom. The highest BCUT2D eigenvalue weighted by atomic mass is 16.3. The van der Waals surface area contributed by atoms with Crippen molar-refractivity contribution >= 4 is 0 Å². The van der Waals surface area contributed by atoms with Crippen LogP contribution in [0.4, 0.5) is 0 Å². The first kappa shape index (κ1) is 15.9. The molecular formula is C21H20O3. The molecule has 24 heavy (non-hydrogen) atoms. The highest BCUT2D eigenvalue weighted by Crippen LogP contribution is 2.37. The second kappa shape index (κ2) is 6.28. The van der Waals surface area contributed by atoms with E-state index < -0.39 is 0 Å². The number of rotatable bonds is 3. The number of hydrogen-bond donors (Lipinski definition) is 3. The number of phenolic OH excluding ortho intramolecular Hbond substituents is 3. The predicted octanol–water partition coefficient (Wildman–Crippen LogP) is 4.60. The van der Waals surface area contributed by atoms with Gasteiger partial charge in [0.25, 0.3) is 0 Å². The molecule has 0 bridgehead atoms. The van der Waals surface area contributed by atoms with Crippen LogP contribution in [0, 0.1) is 13.8 Å². The number of hydrogen-bond acceptors (Lipinski definition) is 3. The Balaban J connectivity index is 2.22. The van der Waals surface area contributed by atoms with Crippen LogP contribution >= 0.6 is 0 Å². The van der Waals surface area contributed by atoms with Crippen molar-refractivity contribution in [3.63, 3.8) is 0 Å². The van der Waals surface area contributed by atoms with E-state index in [9.17, 15) is 15.3 Å². The zero-order chi connectivity index (χ0) is 17.3. The molecule has 122 valence electrons. The topological polar surface area (TPSA) is 60.7 Å². The van der Waals surface area contributed by atoms with E-state index >= 15 is 0 Å². The first-order valence-electron chi connectivity index (χ1n) is 7.83. The van der Waals surface area contributed by atoms with Crippen LogP contribution in [0.2, 0.25) is 0 Å². The summed E-state index contributed by atoms with van der Waals surface area (Å²) in [6.45, 7) is 3.94. The summed E-state index contributed by atoms with van der Waals surface area (Å²) in [7, 11) is 0. The first-order chi connectivity index (χ1) is 11.5. The van der Waals surface area contributed by atoms with Crippen molar-refractivity contribution in [2.24, 2.45) is 0 Å². The number of phenols is 3. The summed E-state index contributed by atoms with van der Waals surface area (Å²) < 4.78 is 0. The zero-order valence-corrected chi connectivity index (χ0v) is 13.7. The highest BCUT2D eigenvalue weighted by molar-refractivity contribution is 5.51. The molecule has 0 aliphatic heterocycles. The van der Waals surface area contributed by atoms with Gasteiger partial charge in [0.2, 0.25) is 0 Å². The Bertz CT molecular complexity index is 815. The van der Waals surface area contributed by atoms with Crippen molar-refractivity contribution in [1.82, 2.24) is 0 Å². The number of aryl methyl sites for hydroxylation is 2. The van der Waals surface area contributed by atoms with Crippen molar-refractivity contribution in [1.29, 1.82) is 0 Å². The first-order valence-corrected chi connectivity index (χ1v) is 7.83. The molecule has 0 radical (unpaired) electrons. The predicted molar refractivity (Wildman–Crippen MR) is 94.7 cm³/mol. The molecule has 0 aliphatic carbocycles. The lowest BCUT2D eigenvalue weighted by molar-refractivity contribution is 0.474. The van der Waals surface area contributed by atoms with Gasteiger partial charge >= 0.3 is 0 Å². The third-order valence-corrected chi connectivity index (χ3v) is 4.36. The highest BCUT2D eigenvalue weighted by Gasteiger charge is 2.21. The van der Waals surface area contributed by atoms with E-state index in [0.717, 1.165) is 27.8 Å². The van der Waals surface area contributed by atoms with E-state index in [0.29, 0.717) is 0 Å². The van der Waals surface area contributed by atoms with E-state index in [4.69, 9.17) is 0 Å². The van der Waals surface area contributed by atoms with Gasteiger partial charge in [-0.15, -0.1) is 0 Å². The zero-order valence-electron chi connectivity index (χ0n) is 13.7. The molecule has 3 rings (SSSR count). The van der Waals surface area contributed by atoms with Gasteiger partial charge in [-0.25, -0.2) is 0 Å². The molecule has 3 aromatic carbocycles. The monoisotopic (exact) mass is 320 g/mol. The summed E-state index contributed by atoms with van der Waals surface area (Å²) in [4.78, 5) is 0. The summed E-state index contributed by atoms with van der Waals surface area (Å²) in [5.74, 6) is 0.653. The molecule has 0 atom stereocenters.